The molecule has 0 bridgehead atoms. The van der Waals surface area contributed by atoms with Gasteiger partial charge >= 0.3 is 58.4 Å². The number of rotatable bonds is 1. The molecule has 2 aromatic rings. The molecule has 2 nitrogen and oxygen atoms in total. The molecule has 8 heteroatoms. The molecule has 1 aromatic carbocycles. The summed E-state index contributed by atoms with van der Waals surface area (Å²) in [5.74, 6) is 0.290. The van der Waals surface area contributed by atoms with E-state index < -0.39 is 12.4 Å². The van der Waals surface area contributed by atoms with Crippen molar-refractivity contribution in [2.75, 3.05) is 0 Å². The molecule has 0 aliphatic heterocycles. The molecule has 0 atom stereocenters. The van der Waals surface area contributed by atoms with Gasteiger partial charge in [-0.25, -0.2) is 4.98 Å². The molecule has 0 N–H and O–H groups in total. The molecule has 0 aliphatic carbocycles. The molecule has 0 spiro atoms. The minimum Gasteiger partial charge on any atom is -0.445 e. The van der Waals surface area contributed by atoms with Crippen LogP contribution in [0.5, 0.6) is 0 Å². The second kappa shape index (κ2) is 4.99. The van der Waals surface area contributed by atoms with Gasteiger partial charge in [0, 0.05) is 6.92 Å². The molecule has 16 heavy (non-hydrogen) atoms. The van der Waals surface area contributed by atoms with Crippen molar-refractivity contribution in [2.45, 2.75) is 6.92 Å². The number of benzene rings is 1. The number of aryl methyl sites for hydroxylation is 1. The van der Waals surface area contributed by atoms with Gasteiger partial charge in [0.2, 0.25) is 0 Å². The summed E-state index contributed by atoms with van der Waals surface area (Å²) in [6, 6.07) is 1.80. The van der Waals surface area contributed by atoms with Crippen LogP contribution in [0.15, 0.2) is 16.5 Å². The Kier molecular flexibility index (Phi) is 4.54. The van der Waals surface area contributed by atoms with Crippen LogP contribution < -0.4 is 56.8 Å². The molecule has 0 saturated carbocycles. The van der Waals surface area contributed by atoms with Crippen LogP contribution in [0.2, 0.25) is 5.02 Å². The van der Waals surface area contributed by atoms with E-state index in [0.717, 1.165) is 12.1 Å². The SMILES string of the molecule is Cc1nc2cc([B-](F)(F)F)cc(Cl)c2o1.[K+]. The van der Waals surface area contributed by atoms with Gasteiger partial charge in [-0.15, -0.1) is 5.46 Å². The van der Waals surface area contributed by atoms with Gasteiger partial charge in [0.25, 0.3) is 0 Å². The van der Waals surface area contributed by atoms with Gasteiger partial charge in [-0.3, -0.25) is 0 Å². The van der Waals surface area contributed by atoms with Crippen molar-refractivity contribution in [3.8, 4) is 0 Å². The van der Waals surface area contributed by atoms with E-state index in [2.05, 4.69) is 4.98 Å². The maximum atomic E-state index is 12.4. The fourth-order valence-electron chi connectivity index (χ4n) is 1.31. The van der Waals surface area contributed by atoms with Gasteiger partial charge in [-0.1, -0.05) is 23.7 Å². The maximum Gasteiger partial charge on any atom is 1.00 e. The number of halogens is 4. The summed E-state index contributed by atoms with van der Waals surface area (Å²) in [5.41, 5.74) is -0.437. The van der Waals surface area contributed by atoms with E-state index in [1.165, 1.54) is 0 Å². The van der Waals surface area contributed by atoms with E-state index in [4.69, 9.17) is 16.0 Å². The number of hydrogen-bond donors (Lipinski definition) is 0. The summed E-state index contributed by atoms with van der Waals surface area (Å²) in [5, 5.41) is -0.0673. The van der Waals surface area contributed by atoms with Crippen LogP contribution in [-0.4, -0.2) is 12.0 Å². The molecule has 80 valence electrons. The second-order valence-corrected chi connectivity index (χ2v) is 3.57. The summed E-state index contributed by atoms with van der Waals surface area (Å²) >= 11 is 5.66. The van der Waals surface area contributed by atoms with Crippen LogP contribution in [0, 0.1) is 6.92 Å². The van der Waals surface area contributed by atoms with Crippen LogP contribution in [0.25, 0.3) is 11.1 Å². The van der Waals surface area contributed by atoms with Gasteiger partial charge in [-0.05, 0) is 0 Å². The Morgan fingerprint density at radius 1 is 1.31 bits per heavy atom. The van der Waals surface area contributed by atoms with Crippen LogP contribution in [0.4, 0.5) is 12.9 Å². The Balaban J connectivity index is 0.00000128. The molecule has 0 fully saturated rings. The normalized spacial score (nSPS) is 11.6. The van der Waals surface area contributed by atoms with Crippen LogP contribution in [0.3, 0.4) is 0 Å². The first-order chi connectivity index (χ1) is 6.88. The standard InChI is InChI=1S/C8H5BClF3NO.K/c1-4-14-7-3-5(9(11,12)13)2-6(10)8(7)15-4;/h2-3H,1H3;/q-1;+1. The van der Waals surface area contributed by atoms with Crippen molar-refractivity contribution in [1.29, 1.82) is 0 Å². The summed E-state index contributed by atoms with van der Waals surface area (Å²) < 4.78 is 42.4. The molecule has 0 radical (unpaired) electrons. The first-order valence-corrected chi connectivity index (χ1v) is 4.52. The first kappa shape index (κ1) is 14.5. The van der Waals surface area contributed by atoms with Crippen LogP contribution in [0.1, 0.15) is 5.89 Å². The summed E-state index contributed by atoms with van der Waals surface area (Å²) in [6.45, 7) is -3.51. The number of nitrogens with zero attached hydrogens (tertiary/aromatic N) is 1. The van der Waals surface area contributed by atoms with Crippen molar-refractivity contribution in [1.82, 2.24) is 4.98 Å². The minimum absolute atomic E-state index is 0. The largest absolute Gasteiger partial charge is 1.00 e. The van der Waals surface area contributed by atoms with Gasteiger partial charge in [0.1, 0.15) is 5.52 Å². The fourth-order valence-corrected chi connectivity index (χ4v) is 1.57. The smallest absolute Gasteiger partial charge is 0.445 e. The molecule has 1 heterocycles. The number of oxazole rings is 1. The Morgan fingerprint density at radius 2 is 1.94 bits per heavy atom. The third kappa shape index (κ3) is 2.83. The van der Waals surface area contributed by atoms with Gasteiger partial charge in [0.15, 0.2) is 11.5 Å². The molecule has 2 rings (SSSR count). The van der Waals surface area contributed by atoms with Crippen LogP contribution in [-0.2, 0) is 0 Å². The molecule has 0 saturated heterocycles. The maximum absolute atomic E-state index is 12.4. The van der Waals surface area contributed by atoms with Crippen molar-refractivity contribution < 1.29 is 68.7 Å². The fraction of sp³-hybridized carbons (Fsp3) is 0.125. The Morgan fingerprint density at radius 3 is 2.50 bits per heavy atom. The van der Waals surface area contributed by atoms with Crippen molar-refractivity contribution >= 4 is 35.1 Å². The molecule has 0 unspecified atom stereocenters. The summed E-state index contributed by atoms with van der Waals surface area (Å²) in [7, 11) is 0. The van der Waals surface area contributed by atoms with E-state index in [0.29, 0.717) is 5.89 Å². The zero-order valence-corrected chi connectivity index (χ0v) is 12.5. The number of aromatic nitrogens is 1. The van der Waals surface area contributed by atoms with Crippen molar-refractivity contribution in [3.05, 3.63) is 23.0 Å². The quantitative estimate of drug-likeness (QED) is 0.676. The van der Waals surface area contributed by atoms with Crippen molar-refractivity contribution in [2.24, 2.45) is 0 Å². The monoisotopic (exact) mass is 273 g/mol. The third-order valence-corrected chi connectivity index (χ3v) is 2.23. The Hall–Kier alpha value is 0.471. The van der Waals surface area contributed by atoms with Gasteiger partial charge < -0.3 is 17.4 Å². The average molecular weight is 273 g/mol. The van der Waals surface area contributed by atoms with E-state index in [9.17, 15) is 12.9 Å². The second-order valence-electron chi connectivity index (χ2n) is 3.16. The zero-order valence-electron chi connectivity index (χ0n) is 8.60. The third-order valence-electron chi connectivity index (χ3n) is 1.95. The van der Waals surface area contributed by atoms with Gasteiger partial charge in [-0.2, -0.15) is 0 Å². The number of hydrogen-bond acceptors (Lipinski definition) is 2. The van der Waals surface area contributed by atoms with E-state index in [1.54, 1.807) is 6.92 Å². The van der Waals surface area contributed by atoms with Gasteiger partial charge in [0.05, 0.1) is 5.02 Å². The molecule has 1 aromatic heterocycles. The minimum atomic E-state index is -5.06. The first-order valence-electron chi connectivity index (χ1n) is 4.14. The summed E-state index contributed by atoms with van der Waals surface area (Å²) in [4.78, 5) is 3.81. The molecular weight excluding hydrogens is 268 g/mol. The van der Waals surface area contributed by atoms with E-state index in [-0.39, 0.29) is 67.5 Å². The summed E-state index contributed by atoms with van der Waals surface area (Å²) in [6.07, 6.45) is 0. The zero-order chi connectivity index (χ0) is 11.2. The van der Waals surface area contributed by atoms with E-state index >= 15 is 0 Å². The van der Waals surface area contributed by atoms with Crippen LogP contribution >= 0.6 is 11.6 Å². The average Bonchev–Trinajstić information content (AvgIpc) is 2.44. The van der Waals surface area contributed by atoms with E-state index in [1.807, 2.05) is 0 Å². The molecule has 0 amide bonds. The number of fused-ring (bicyclic) bond motifs is 1. The predicted octanol–water partition coefficient (Wildman–Crippen LogP) is -0.152. The Bertz CT molecular complexity index is 528. The van der Waals surface area contributed by atoms with Crippen molar-refractivity contribution in [3.63, 3.8) is 0 Å². The predicted molar refractivity (Wildman–Crippen MR) is 52.5 cm³/mol. The molecule has 0 aliphatic rings. The topological polar surface area (TPSA) is 26.0 Å². The molecular formula is C8H5BClF3KNO. The Labute approximate surface area is 137 Å².